The Balaban J connectivity index is 4.35. The van der Waals surface area contributed by atoms with Gasteiger partial charge in [-0.2, -0.15) is 0 Å². The van der Waals surface area contributed by atoms with Crippen molar-refractivity contribution >= 4 is 17.9 Å². The zero-order valence-corrected chi connectivity index (χ0v) is 48.7. The Morgan fingerprint density at radius 1 is 0.274 bits per heavy atom. The molecule has 424 valence electrons. The average Bonchev–Trinajstić information content (AvgIpc) is 3.39. The first-order valence-electron chi connectivity index (χ1n) is 31.8. The number of carbonyl (C=O) groups excluding carboxylic acids is 3. The summed E-state index contributed by atoms with van der Waals surface area (Å²) in [5, 5.41) is 0. The maximum absolute atomic E-state index is 12.9. The maximum Gasteiger partial charge on any atom is 0.306 e. The largest absolute Gasteiger partial charge is 0.462 e. The molecular weight excluding hydrogens is 901 g/mol. The quantitative estimate of drug-likeness (QED) is 0.0261. The molecule has 0 radical (unpaired) electrons. The fourth-order valence-corrected chi connectivity index (χ4v) is 9.15. The molecule has 0 aliphatic carbocycles. The summed E-state index contributed by atoms with van der Waals surface area (Å²) < 4.78 is 16.9. The number of allylic oxidation sites excluding steroid dienone is 10. The van der Waals surface area contributed by atoms with Crippen LogP contribution in [0.5, 0.6) is 0 Å². The van der Waals surface area contributed by atoms with Gasteiger partial charge in [0.05, 0.1) is 0 Å². The first-order chi connectivity index (χ1) is 36.0. The molecule has 0 saturated heterocycles. The summed E-state index contributed by atoms with van der Waals surface area (Å²) in [6.07, 6.45) is 77.9. The van der Waals surface area contributed by atoms with Crippen molar-refractivity contribution in [2.75, 3.05) is 13.2 Å². The Hall–Kier alpha value is -2.89. The van der Waals surface area contributed by atoms with Gasteiger partial charge in [0.15, 0.2) is 6.10 Å². The zero-order valence-electron chi connectivity index (χ0n) is 48.7. The van der Waals surface area contributed by atoms with E-state index in [1.165, 1.54) is 193 Å². The molecule has 0 bridgehead atoms. The van der Waals surface area contributed by atoms with Crippen LogP contribution in [0.15, 0.2) is 60.8 Å². The number of rotatable bonds is 58. The summed E-state index contributed by atoms with van der Waals surface area (Å²) in [7, 11) is 0. The van der Waals surface area contributed by atoms with E-state index in [-0.39, 0.29) is 31.1 Å². The molecule has 0 rings (SSSR count). The van der Waals surface area contributed by atoms with E-state index in [9.17, 15) is 14.4 Å². The highest BCUT2D eigenvalue weighted by Gasteiger charge is 2.19. The molecule has 0 aliphatic rings. The Kier molecular flexibility index (Phi) is 59.2. The number of carbonyl (C=O) groups is 3. The average molecular weight is 1020 g/mol. The predicted molar refractivity (Wildman–Crippen MR) is 316 cm³/mol. The third-order valence-electron chi connectivity index (χ3n) is 14.0. The second kappa shape index (κ2) is 61.7. The van der Waals surface area contributed by atoms with Crippen LogP contribution in [0, 0.1) is 0 Å². The van der Waals surface area contributed by atoms with Crippen molar-refractivity contribution in [3.63, 3.8) is 0 Å². The third kappa shape index (κ3) is 59.9. The standard InChI is InChI=1S/C67H120O6/c1-4-7-10-13-16-19-22-25-28-31-32-33-34-35-36-37-40-42-45-48-51-54-57-60-66(69)72-63-64(73-67(70)61-58-55-52-49-46-43-39-30-27-24-21-18-15-12-9-6-3)62-71-65(68)59-56-53-50-47-44-41-38-29-26-23-20-17-14-11-8-5-2/h21-22,24-25,29-32,38-39,64H,4-20,23,26-28,33-37,40-63H2,1-3H3/b24-21-,25-22-,32-31-,38-29-,39-30-. The van der Waals surface area contributed by atoms with E-state index >= 15 is 0 Å². The van der Waals surface area contributed by atoms with Crippen molar-refractivity contribution in [1.29, 1.82) is 0 Å². The summed E-state index contributed by atoms with van der Waals surface area (Å²) in [5.41, 5.74) is 0. The van der Waals surface area contributed by atoms with Gasteiger partial charge in [-0.3, -0.25) is 14.4 Å². The van der Waals surface area contributed by atoms with Crippen LogP contribution in [0.4, 0.5) is 0 Å². The van der Waals surface area contributed by atoms with Gasteiger partial charge in [0.2, 0.25) is 0 Å². The molecule has 1 unspecified atom stereocenters. The molecule has 0 saturated carbocycles. The van der Waals surface area contributed by atoms with Crippen LogP contribution in [-0.4, -0.2) is 37.2 Å². The summed E-state index contributed by atoms with van der Waals surface area (Å²) in [5.74, 6) is -0.891. The third-order valence-corrected chi connectivity index (χ3v) is 14.0. The molecular formula is C67H120O6. The molecule has 0 aromatic carbocycles. The first-order valence-corrected chi connectivity index (χ1v) is 31.8. The Morgan fingerprint density at radius 3 is 0.781 bits per heavy atom. The molecule has 0 heterocycles. The molecule has 0 amide bonds. The van der Waals surface area contributed by atoms with Gasteiger partial charge in [-0.1, -0.05) is 261 Å². The van der Waals surface area contributed by atoms with Crippen LogP contribution in [-0.2, 0) is 28.6 Å². The molecule has 1 atom stereocenters. The lowest BCUT2D eigenvalue weighted by Crippen LogP contribution is -2.30. The first kappa shape index (κ1) is 70.1. The van der Waals surface area contributed by atoms with Crippen molar-refractivity contribution in [3.05, 3.63) is 60.8 Å². The lowest BCUT2D eigenvalue weighted by Gasteiger charge is -2.18. The fourth-order valence-electron chi connectivity index (χ4n) is 9.15. The lowest BCUT2D eigenvalue weighted by atomic mass is 10.0. The van der Waals surface area contributed by atoms with Gasteiger partial charge in [-0.25, -0.2) is 0 Å². The van der Waals surface area contributed by atoms with Crippen LogP contribution in [0.1, 0.15) is 329 Å². The van der Waals surface area contributed by atoms with E-state index in [0.717, 1.165) is 96.3 Å². The zero-order chi connectivity index (χ0) is 52.9. The Morgan fingerprint density at radius 2 is 0.493 bits per heavy atom. The highest BCUT2D eigenvalue weighted by atomic mass is 16.6. The molecule has 6 nitrogen and oxygen atoms in total. The van der Waals surface area contributed by atoms with Gasteiger partial charge < -0.3 is 14.2 Å². The summed E-state index contributed by atoms with van der Waals surface area (Å²) in [4.78, 5) is 38.3. The number of ether oxygens (including phenoxy) is 3. The van der Waals surface area contributed by atoms with Crippen molar-refractivity contribution in [2.24, 2.45) is 0 Å². The Bertz CT molecular complexity index is 1310. The summed E-state index contributed by atoms with van der Waals surface area (Å²) in [6, 6.07) is 0. The topological polar surface area (TPSA) is 78.9 Å². The van der Waals surface area contributed by atoms with Crippen molar-refractivity contribution in [3.8, 4) is 0 Å². The number of hydrogen-bond donors (Lipinski definition) is 0. The number of unbranched alkanes of at least 4 members (excludes halogenated alkanes) is 37. The fraction of sp³-hybridized carbons (Fsp3) is 0.806. The van der Waals surface area contributed by atoms with Gasteiger partial charge in [-0.15, -0.1) is 0 Å². The van der Waals surface area contributed by atoms with Gasteiger partial charge in [0.1, 0.15) is 13.2 Å². The molecule has 0 aliphatic heterocycles. The molecule has 0 aromatic rings. The second-order valence-electron chi connectivity index (χ2n) is 21.3. The monoisotopic (exact) mass is 1020 g/mol. The number of hydrogen-bond acceptors (Lipinski definition) is 6. The van der Waals surface area contributed by atoms with Crippen LogP contribution in [0.25, 0.3) is 0 Å². The summed E-state index contributed by atoms with van der Waals surface area (Å²) >= 11 is 0. The van der Waals surface area contributed by atoms with E-state index in [2.05, 4.69) is 81.5 Å². The molecule has 6 heteroatoms. The van der Waals surface area contributed by atoms with Crippen molar-refractivity contribution in [1.82, 2.24) is 0 Å². The second-order valence-corrected chi connectivity index (χ2v) is 21.3. The van der Waals surface area contributed by atoms with Crippen LogP contribution in [0.3, 0.4) is 0 Å². The van der Waals surface area contributed by atoms with Crippen molar-refractivity contribution in [2.45, 2.75) is 335 Å². The minimum atomic E-state index is -0.786. The van der Waals surface area contributed by atoms with Gasteiger partial charge in [0.25, 0.3) is 0 Å². The SMILES string of the molecule is CCCCCC/C=C\C/C=C\CCCCCCCC(=O)OC(COC(=O)CCCCCCC/C=C\CCCCCCCCC)COC(=O)CCCCCCCCCCCCC/C=C\C/C=C\CCCCCCC. The van der Waals surface area contributed by atoms with E-state index in [1.807, 2.05) is 0 Å². The maximum atomic E-state index is 12.9. The molecule has 73 heavy (non-hydrogen) atoms. The molecule has 0 aromatic heterocycles. The molecule has 0 fully saturated rings. The van der Waals surface area contributed by atoms with Gasteiger partial charge in [0, 0.05) is 19.3 Å². The van der Waals surface area contributed by atoms with Crippen LogP contribution < -0.4 is 0 Å². The van der Waals surface area contributed by atoms with E-state index in [1.54, 1.807) is 0 Å². The van der Waals surface area contributed by atoms with E-state index in [0.29, 0.717) is 19.3 Å². The lowest BCUT2D eigenvalue weighted by molar-refractivity contribution is -0.167. The van der Waals surface area contributed by atoms with Gasteiger partial charge in [-0.05, 0) is 109 Å². The van der Waals surface area contributed by atoms with Crippen LogP contribution >= 0.6 is 0 Å². The normalized spacial score (nSPS) is 12.4. The van der Waals surface area contributed by atoms with Crippen molar-refractivity contribution < 1.29 is 28.6 Å². The Labute approximate surface area is 453 Å². The van der Waals surface area contributed by atoms with Gasteiger partial charge >= 0.3 is 17.9 Å². The van der Waals surface area contributed by atoms with E-state index < -0.39 is 6.10 Å². The molecule has 0 spiro atoms. The predicted octanol–water partition coefficient (Wildman–Crippen LogP) is 21.6. The highest BCUT2D eigenvalue weighted by Crippen LogP contribution is 2.16. The molecule has 0 N–H and O–H groups in total. The minimum absolute atomic E-state index is 0.0821. The smallest absolute Gasteiger partial charge is 0.306 e. The van der Waals surface area contributed by atoms with E-state index in [4.69, 9.17) is 14.2 Å². The minimum Gasteiger partial charge on any atom is -0.462 e. The highest BCUT2D eigenvalue weighted by molar-refractivity contribution is 5.71. The number of esters is 3. The summed E-state index contributed by atoms with van der Waals surface area (Å²) in [6.45, 7) is 6.63. The van der Waals surface area contributed by atoms with Crippen LogP contribution in [0.2, 0.25) is 0 Å².